The lowest BCUT2D eigenvalue weighted by Crippen LogP contribution is -2.30. The largest absolute Gasteiger partial charge is 0.508 e. The Balaban J connectivity index is 1.71. The van der Waals surface area contributed by atoms with Crippen LogP contribution in [0, 0.1) is 13.8 Å². The van der Waals surface area contributed by atoms with E-state index in [0.717, 1.165) is 32.8 Å². The molecule has 2 heterocycles. The lowest BCUT2D eigenvalue weighted by atomic mass is 10.1. The van der Waals surface area contributed by atoms with E-state index < -0.39 is 0 Å². The highest BCUT2D eigenvalue weighted by Gasteiger charge is 2.22. The van der Waals surface area contributed by atoms with E-state index in [9.17, 15) is 15.0 Å². The maximum atomic E-state index is 13.4. The third-order valence-electron chi connectivity index (χ3n) is 4.87. The minimum absolute atomic E-state index is 0.104. The van der Waals surface area contributed by atoms with Crippen LogP contribution < -0.4 is 4.90 Å². The Hall–Kier alpha value is -3.71. The van der Waals surface area contributed by atoms with Crippen molar-refractivity contribution in [3.05, 3.63) is 88.8 Å². The van der Waals surface area contributed by atoms with E-state index in [0.29, 0.717) is 5.69 Å². The number of pyridine rings is 1. The summed E-state index contributed by atoms with van der Waals surface area (Å²) in [5.74, 6) is -0.750. The van der Waals surface area contributed by atoms with E-state index in [4.69, 9.17) is 0 Å². The Morgan fingerprint density at radius 3 is 2.45 bits per heavy atom. The molecule has 0 aliphatic heterocycles. The van der Waals surface area contributed by atoms with Crippen LogP contribution in [0.4, 0.5) is 5.69 Å². The summed E-state index contributed by atoms with van der Waals surface area (Å²) in [4.78, 5) is 24.7. The topological polar surface area (TPSA) is 86.6 Å². The zero-order valence-corrected chi connectivity index (χ0v) is 17.9. The minimum Gasteiger partial charge on any atom is -0.508 e. The summed E-state index contributed by atoms with van der Waals surface area (Å²) in [5, 5.41) is 20.8. The number of phenolic OH excluding ortho intramolecular Hbond substituents is 2. The number of hydrogen-bond donors (Lipinski definition) is 2. The van der Waals surface area contributed by atoms with Crippen molar-refractivity contribution < 1.29 is 15.0 Å². The molecule has 156 valence electrons. The molecule has 0 spiro atoms. The molecule has 7 heteroatoms. The first-order chi connectivity index (χ1) is 14.9. The molecule has 0 saturated heterocycles. The van der Waals surface area contributed by atoms with Gasteiger partial charge in [0.2, 0.25) is 0 Å². The lowest BCUT2D eigenvalue weighted by molar-refractivity contribution is 0.0982. The Bertz CT molecular complexity index is 1220. The number of aromatic hydroxyl groups is 2. The van der Waals surface area contributed by atoms with Crippen molar-refractivity contribution in [1.29, 1.82) is 0 Å². The van der Waals surface area contributed by atoms with Gasteiger partial charge < -0.3 is 15.1 Å². The molecule has 1 amide bonds. The number of amides is 1. The van der Waals surface area contributed by atoms with Crippen LogP contribution in [0.15, 0.2) is 67.0 Å². The molecule has 0 radical (unpaired) electrons. The fraction of sp³-hybridized carbons (Fsp3) is 0.125. The van der Waals surface area contributed by atoms with Crippen molar-refractivity contribution in [3.8, 4) is 21.9 Å². The predicted molar refractivity (Wildman–Crippen MR) is 122 cm³/mol. The average molecular weight is 432 g/mol. The summed E-state index contributed by atoms with van der Waals surface area (Å²) in [7, 11) is 0. The van der Waals surface area contributed by atoms with Gasteiger partial charge in [-0.25, -0.2) is 4.98 Å². The highest BCUT2D eigenvalue weighted by Crippen LogP contribution is 2.32. The summed E-state index contributed by atoms with van der Waals surface area (Å²) in [6.07, 6.45) is 3.38. The number of aryl methyl sites for hydroxylation is 2. The maximum Gasteiger partial charge on any atom is 0.262 e. The summed E-state index contributed by atoms with van der Waals surface area (Å²) in [6.45, 7) is 4.25. The van der Waals surface area contributed by atoms with E-state index in [1.807, 2.05) is 50.2 Å². The fourth-order valence-electron chi connectivity index (χ4n) is 3.39. The molecule has 4 aromatic rings. The van der Waals surface area contributed by atoms with E-state index >= 15 is 0 Å². The molecule has 2 N–H and O–H groups in total. The van der Waals surface area contributed by atoms with Gasteiger partial charge in [0, 0.05) is 24.1 Å². The zero-order chi connectivity index (χ0) is 22.0. The molecular weight excluding hydrogens is 410 g/mol. The Labute approximate surface area is 184 Å². The van der Waals surface area contributed by atoms with Gasteiger partial charge in [0.25, 0.3) is 5.91 Å². The monoisotopic (exact) mass is 431 g/mol. The van der Waals surface area contributed by atoms with Gasteiger partial charge in [0.1, 0.15) is 11.5 Å². The quantitative estimate of drug-likeness (QED) is 0.460. The van der Waals surface area contributed by atoms with E-state index in [1.165, 1.54) is 12.1 Å². The lowest BCUT2D eigenvalue weighted by Gasteiger charge is -2.24. The maximum absolute atomic E-state index is 13.4. The molecule has 0 aliphatic rings. The number of aromatic nitrogens is 2. The van der Waals surface area contributed by atoms with E-state index in [1.54, 1.807) is 28.6 Å². The summed E-state index contributed by atoms with van der Waals surface area (Å²) >= 11 is 1.63. The minimum atomic E-state index is -0.376. The first kappa shape index (κ1) is 20.6. The zero-order valence-electron chi connectivity index (χ0n) is 17.1. The molecule has 2 aromatic carbocycles. The van der Waals surface area contributed by atoms with Crippen LogP contribution in [0.2, 0.25) is 0 Å². The first-order valence-electron chi connectivity index (χ1n) is 9.69. The summed E-state index contributed by atoms with van der Waals surface area (Å²) in [5.41, 5.74) is 3.66. The summed E-state index contributed by atoms with van der Waals surface area (Å²) in [6, 6.07) is 15.4. The number of thiazole rings is 1. The van der Waals surface area contributed by atoms with Gasteiger partial charge in [-0.15, -0.1) is 11.3 Å². The van der Waals surface area contributed by atoms with Crippen LogP contribution in [0.5, 0.6) is 11.5 Å². The van der Waals surface area contributed by atoms with E-state index in [-0.39, 0.29) is 29.5 Å². The van der Waals surface area contributed by atoms with Gasteiger partial charge >= 0.3 is 0 Å². The highest BCUT2D eigenvalue weighted by atomic mass is 32.1. The second kappa shape index (κ2) is 8.57. The van der Waals surface area contributed by atoms with Crippen molar-refractivity contribution in [2.75, 3.05) is 4.90 Å². The Morgan fingerprint density at radius 2 is 1.84 bits per heavy atom. The van der Waals surface area contributed by atoms with Crippen LogP contribution in [-0.4, -0.2) is 26.1 Å². The molecule has 31 heavy (non-hydrogen) atoms. The van der Waals surface area contributed by atoms with Crippen LogP contribution >= 0.6 is 11.3 Å². The van der Waals surface area contributed by atoms with Gasteiger partial charge in [-0.05, 0) is 55.3 Å². The van der Waals surface area contributed by atoms with Crippen molar-refractivity contribution in [3.63, 3.8) is 0 Å². The average Bonchev–Trinajstić information content (AvgIpc) is 3.10. The number of hydrogen-bond acceptors (Lipinski definition) is 6. The number of anilines is 1. The molecular formula is C24H21N3O3S. The molecule has 0 fully saturated rings. The molecule has 0 saturated carbocycles. The SMILES string of the molecule is Cc1nc(C)c(-c2ccc(N(Cc3cccnc3)C(=O)c3ccc(O)cc3O)cc2)s1. The molecule has 6 nitrogen and oxygen atoms in total. The number of phenols is 2. The van der Waals surface area contributed by atoms with Crippen molar-refractivity contribution in [1.82, 2.24) is 9.97 Å². The second-order valence-electron chi connectivity index (χ2n) is 7.15. The molecule has 0 aliphatic carbocycles. The van der Waals surface area contributed by atoms with Crippen molar-refractivity contribution in [2.24, 2.45) is 0 Å². The number of nitrogens with zero attached hydrogens (tertiary/aromatic N) is 3. The Kier molecular flexibility index (Phi) is 5.68. The van der Waals surface area contributed by atoms with Gasteiger partial charge in [0.05, 0.1) is 27.7 Å². The number of carbonyl (C=O) groups excluding carboxylic acids is 1. The van der Waals surface area contributed by atoms with Crippen molar-refractivity contribution >= 4 is 22.9 Å². The van der Waals surface area contributed by atoms with Crippen LogP contribution in [0.25, 0.3) is 10.4 Å². The first-order valence-corrected chi connectivity index (χ1v) is 10.5. The van der Waals surface area contributed by atoms with Gasteiger partial charge in [-0.2, -0.15) is 0 Å². The Morgan fingerprint density at radius 1 is 1.06 bits per heavy atom. The second-order valence-corrected chi connectivity index (χ2v) is 8.35. The van der Waals surface area contributed by atoms with Gasteiger partial charge in [-0.1, -0.05) is 18.2 Å². The molecule has 0 bridgehead atoms. The van der Waals surface area contributed by atoms with Gasteiger partial charge in [0.15, 0.2) is 0 Å². The number of benzene rings is 2. The van der Waals surface area contributed by atoms with E-state index in [2.05, 4.69) is 9.97 Å². The summed E-state index contributed by atoms with van der Waals surface area (Å²) < 4.78 is 0. The molecule has 0 unspecified atom stereocenters. The van der Waals surface area contributed by atoms with Crippen LogP contribution in [-0.2, 0) is 6.54 Å². The third kappa shape index (κ3) is 4.41. The van der Waals surface area contributed by atoms with Gasteiger partial charge in [-0.3, -0.25) is 9.78 Å². The van der Waals surface area contributed by atoms with Crippen LogP contribution in [0.1, 0.15) is 26.6 Å². The van der Waals surface area contributed by atoms with Crippen molar-refractivity contribution in [2.45, 2.75) is 20.4 Å². The fourth-order valence-corrected chi connectivity index (χ4v) is 4.32. The molecule has 2 aromatic heterocycles. The van der Waals surface area contributed by atoms with Crippen LogP contribution in [0.3, 0.4) is 0 Å². The molecule has 4 rings (SSSR count). The third-order valence-corrected chi connectivity index (χ3v) is 5.99. The normalized spacial score (nSPS) is 10.8. The number of carbonyl (C=O) groups is 1. The standard InChI is InChI=1S/C24H21N3O3S/c1-15-23(31-16(2)26-15)18-5-7-19(8-6-18)27(14-17-4-3-11-25-13-17)24(30)21-10-9-20(28)12-22(21)29/h3-13,28-29H,14H2,1-2H3. The molecule has 0 atom stereocenters. The predicted octanol–water partition coefficient (Wildman–Crippen LogP) is 5.08. The highest BCUT2D eigenvalue weighted by molar-refractivity contribution is 7.15. The number of rotatable bonds is 5. The smallest absolute Gasteiger partial charge is 0.262 e.